The van der Waals surface area contributed by atoms with Crippen LogP contribution >= 0.6 is 0 Å². The van der Waals surface area contributed by atoms with Crippen molar-refractivity contribution in [3.63, 3.8) is 0 Å². The molecule has 10 nitrogen and oxygen atoms in total. The molecule has 0 aliphatic carbocycles. The topological polar surface area (TPSA) is 117 Å². The lowest BCUT2D eigenvalue weighted by Gasteiger charge is -2.29. The Kier molecular flexibility index (Phi) is 5.91. The van der Waals surface area contributed by atoms with Crippen LogP contribution in [0.5, 0.6) is 5.75 Å². The van der Waals surface area contributed by atoms with Gasteiger partial charge in [0, 0.05) is 30.7 Å². The second-order valence-electron chi connectivity index (χ2n) is 7.58. The molecule has 0 amide bonds. The lowest BCUT2D eigenvalue weighted by molar-refractivity contribution is 0.122. The number of anilines is 5. The lowest BCUT2D eigenvalue weighted by atomic mass is 10.2. The highest BCUT2D eigenvalue weighted by Gasteiger charge is 2.17. The number of halogens is 1. The molecular weight excluding hydrogens is 441 g/mol. The number of morpholine rings is 1. The van der Waals surface area contributed by atoms with Crippen LogP contribution < -0.4 is 25.8 Å². The summed E-state index contributed by atoms with van der Waals surface area (Å²) in [5, 5.41) is 6.63. The first-order valence-electron chi connectivity index (χ1n) is 10.7. The summed E-state index contributed by atoms with van der Waals surface area (Å²) in [7, 11) is 1.60. The summed E-state index contributed by atoms with van der Waals surface area (Å²) in [5.41, 5.74) is 0.578. The van der Waals surface area contributed by atoms with E-state index in [1.165, 1.54) is 6.07 Å². The van der Waals surface area contributed by atoms with Gasteiger partial charge in [0.05, 0.1) is 37.7 Å². The van der Waals surface area contributed by atoms with Gasteiger partial charge < -0.3 is 30.0 Å². The number of rotatable bonds is 6. The third-order valence-corrected chi connectivity index (χ3v) is 5.37. The van der Waals surface area contributed by atoms with Crippen LogP contribution in [0, 0.1) is 5.82 Å². The summed E-state index contributed by atoms with van der Waals surface area (Å²) in [5.74, 6) is 1.58. The van der Waals surface area contributed by atoms with E-state index in [0.29, 0.717) is 41.8 Å². The highest BCUT2D eigenvalue weighted by molar-refractivity contribution is 5.82. The van der Waals surface area contributed by atoms with E-state index in [1.54, 1.807) is 43.8 Å². The van der Waals surface area contributed by atoms with Gasteiger partial charge in [-0.25, -0.2) is 14.4 Å². The fraction of sp³-hybridized carbons (Fsp3) is 0.217. The third kappa shape index (κ3) is 4.46. The molecule has 4 heterocycles. The Labute approximate surface area is 193 Å². The number of H-pyrrole nitrogens is 1. The Morgan fingerprint density at radius 2 is 2.00 bits per heavy atom. The normalized spacial score (nSPS) is 13.6. The smallest absolute Gasteiger partial charge is 0.272 e. The number of hydrogen-bond acceptors (Lipinski definition) is 9. The fourth-order valence-electron chi connectivity index (χ4n) is 3.71. The lowest BCUT2D eigenvalue weighted by Crippen LogP contribution is -2.37. The molecule has 1 aromatic carbocycles. The Morgan fingerprint density at radius 1 is 1.15 bits per heavy atom. The number of para-hydroxylation sites is 1. The second kappa shape index (κ2) is 9.32. The van der Waals surface area contributed by atoms with Crippen molar-refractivity contribution in [1.29, 1.82) is 0 Å². The average molecular weight is 463 g/mol. The van der Waals surface area contributed by atoms with E-state index in [9.17, 15) is 9.18 Å². The molecule has 5 rings (SSSR count). The van der Waals surface area contributed by atoms with Gasteiger partial charge >= 0.3 is 0 Å². The number of methoxy groups -OCH3 is 1. The van der Waals surface area contributed by atoms with Crippen molar-refractivity contribution in [2.75, 3.05) is 48.9 Å². The summed E-state index contributed by atoms with van der Waals surface area (Å²) in [6.07, 6.45) is 3.23. The average Bonchev–Trinajstić information content (AvgIpc) is 2.86. The van der Waals surface area contributed by atoms with Gasteiger partial charge in [-0.15, -0.1) is 0 Å². The monoisotopic (exact) mass is 463 g/mol. The predicted molar refractivity (Wildman–Crippen MR) is 127 cm³/mol. The van der Waals surface area contributed by atoms with Crippen LogP contribution in [-0.2, 0) is 4.74 Å². The number of aromatic nitrogens is 4. The molecule has 0 radical (unpaired) electrons. The number of benzene rings is 1. The molecular formula is C23H22FN7O3. The fourth-order valence-corrected chi connectivity index (χ4v) is 3.71. The molecule has 1 aliphatic heterocycles. The number of hydrogen-bond donors (Lipinski definition) is 3. The number of aromatic amines is 1. The molecule has 11 heteroatoms. The molecule has 1 fully saturated rings. The van der Waals surface area contributed by atoms with Crippen LogP contribution in [0.1, 0.15) is 0 Å². The quantitative estimate of drug-likeness (QED) is 0.396. The van der Waals surface area contributed by atoms with E-state index in [-0.39, 0.29) is 11.2 Å². The molecule has 0 bridgehead atoms. The minimum Gasteiger partial charge on any atom is -0.493 e. The minimum absolute atomic E-state index is 0.157. The van der Waals surface area contributed by atoms with Gasteiger partial charge in [0.25, 0.3) is 5.56 Å². The van der Waals surface area contributed by atoms with Crippen molar-refractivity contribution < 1.29 is 13.9 Å². The Morgan fingerprint density at radius 3 is 2.82 bits per heavy atom. The van der Waals surface area contributed by atoms with Gasteiger partial charge in [-0.3, -0.25) is 4.79 Å². The minimum atomic E-state index is -0.488. The number of nitrogens with zero attached hydrogens (tertiary/aromatic N) is 4. The van der Waals surface area contributed by atoms with Crippen molar-refractivity contribution in [3.8, 4) is 5.75 Å². The van der Waals surface area contributed by atoms with Crippen molar-refractivity contribution >= 4 is 39.9 Å². The Bertz CT molecular complexity index is 1390. The van der Waals surface area contributed by atoms with Crippen LogP contribution in [0.25, 0.3) is 10.9 Å². The molecule has 3 N–H and O–H groups in total. The molecule has 1 saturated heterocycles. The molecule has 0 unspecified atom stereocenters. The first-order valence-corrected chi connectivity index (χ1v) is 10.7. The molecule has 34 heavy (non-hydrogen) atoms. The van der Waals surface area contributed by atoms with Crippen molar-refractivity contribution in [3.05, 3.63) is 65.0 Å². The number of pyridine rings is 2. The van der Waals surface area contributed by atoms with E-state index in [4.69, 9.17) is 9.47 Å². The molecule has 0 saturated carbocycles. The number of fused-ring (bicyclic) bond motifs is 1. The maximum atomic E-state index is 13.9. The zero-order valence-electron chi connectivity index (χ0n) is 18.3. The first kappa shape index (κ1) is 21.6. The van der Waals surface area contributed by atoms with E-state index >= 15 is 0 Å². The van der Waals surface area contributed by atoms with Crippen molar-refractivity contribution in [2.24, 2.45) is 0 Å². The third-order valence-electron chi connectivity index (χ3n) is 5.37. The molecule has 4 aromatic rings. The van der Waals surface area contributed by atoms with E-state index in [0.717, 1.165) is 18.9 Å². The SMILES string of the molecule is COc1cc(Nc2nccc(Nc3cc4cccc(F)c4[nH]c3=O)n2)cnc1N1CCOCC1. The molecule has 0 atom stereocenters. The summed E-state index contributed by atoms with van der Waals surface area (Å²) < 4.78 is 24.9. The Hall–Kier alpha value is -4.25. The maximum Gasteiger partial charge on any atom is 0.272 e. The largest absolute Gasteiger partial charge is 0.493 e. The van der Waals surface area contributed by atoms with Crippen LogP contribution in [-0.4, -0.2) is 53.3 Å². The molecule has 1 aliphatic rings. The predicted octanol–water partition coefficient (Wildman–Crippen LogP) is 3.18. The summed E-state index contributed by atoms with van der Waals surface area (Å²) in [6.45, 7) is 2.78. The van der Waals surface area contributed by atoms with Crippen molar-refractivity contribution in [1.82, 2.24) is 19.9 Å². The maximum absolute atomic E-state index is 13.9. The van der Waals surface area contributed by atoms with E-state index in [2.05, 4.69) is 35.5 Å². The van der Waals surface area contributed by atoms with Gasteiger partial charge in [0.1, 0.15) is 17.3 Å². The number of nitrogens with one attached hydrogen (secondary N) is 3. The van der Waals surface area contributed by atoms with E-state index < -0.39 is 11.4 Å². The van der Waals surface area contributed by atoms with Gasteiger partial charge in [-0.05, 0) is 18.2 Å². The van der Waals surface area contributed by atoms with Gasteiger partial charge in [0.15, 0.2) is 11.6 Å². The highest BCUT2D eigenvalue weighted by Crippen LogP contribution is 2.30. The zero-order chi connectivity index (χ0) is 23.5. The molecule has 3 aromatic heterocycles. The van der Waals surface area contributed by atoms with Gasteiger partial charge in [-0.2, -0.15) is 4.98 Å². The van der Waals surface area contributed by atoms with Gasteiger partial charge in [0.2, 0.25) is 5.95 Å². The number of ether oxygens (including phenoxy) is 2. The van der Waals surface area contributed by atoms with Crippen LogP contribution in [0.4, 0.5) is 33.3 Å². The van der Waals surface area contributed by atoms with Crippen molar-refractivity contribution in [2.45, 2.75) is 0 Å². The molecule has 174 valence electrons. The van der Waals surface area contributed by atoms with Crippen LogP contribution in [0.2, 0.25) is 0 Å². The Balaban J connectivity index is 1.36. The second-order valence-corrected chi connectivity index (χ2v) is 7.58. The molecule has 0 spiro atoms. The summed E-state index contributed by atoms with van der Waals surface area (Å²) in [4.78, 5) is 30.3. The first-order chi connectivity index (χ1) is 16.6. The summed E-state index contributed by atoms with van der Waals surface area (Å²) in [6, 6.07) is 9.62. The summed E-state index contributed by atoms with van der Waals surface area (Å²) >= 11 is 0. The van der Waals surface area contributed by atoms with Crippen LogP contribution in [0.3, 0.4) is 0 Å². The van der Waals surface area contributed by atoms with E-state index in [1.807, 2.05) is 6.07 Å². The zero-order valence-corrected chi connectivity index (χ0v) is 18.3. The van der Waals surface area contributed by atoms with Gasteiger partial charge in [-0.1, -0.05) is 12.1 Å². The van der Waals surface area contributed by atoms with Crippen LogP contribution in [0.15, 0.2) is 53.6 Å². The highest BCUT2D eigenvalue weighted by atomic mass is 19.1. The standard InChI is InChI=1S/C23H22FN7O3/c1-33-18-12-15(13-26-21(18)31-7-9-34-10-8-31)27-23-25-6-5-19(29-23)28-17-11-14-3-2-4-16(24)20(14)30-22(17)32/h2-6,11-13H,7-10H2,1H3,(H,30,32)(H2,25,27,28,29).